The van der Waals surface area contributed by atoms with E-state index in [1.807, 2.05) is 0 Å². The van der Waals surface area contributed by atoms with Crippen molar-refractivity contribution in [2.75, 3.05) is 19.4 Å². The van der Waals surface area contributed by atoms with Gasteiger partial charge in [-0.2, -0.15) is 0 Å². The third-order valence-corrected chi connectivity index (χ3v) is 5.42. The van der Waals surface area contributed by atoms with E-state index in [0.717, 1.165) is 31.2 Å². The van der Waals surface area contributed by atoms with E-state index in [-0.39, 0.29) is 23.6 Å². The average molecular weight is 412 g/mol. The number of amides is 4. The van der Waals surface area contributed by atoms with Crippen molar-refractivity contribution in [3.8, 4) is 11.3 Å². The van der Waals surface area contributed by atoms with E-state index in [9.17, 15) is 14.4 Å². The van der Waals surface area contributed by atoms with Crippen molar-refractivity contribution in [2.24, 2.45) is 5.92 Å². The van der Waals surface area contributed by atoms with Gasteiger partial charge < -0.3 is 25.7 Å². The Labute approximate surface area is 175 Å². The molecule has 4 N–H and O–H groups in total. The molecule has 1 aromatic heterocycles. The second-order valence-electron chi connectivity index (χ2n) is 7.41. The Morgan fingerprint density at radius 3 is 2.27 bits per heavy atom. The van der Waals surface area contributed by atoms with Gasteiger partial charge in [-0.3, -0.25) is 9.59 Å². The number of rotatable bonds is 6. The monoisotopic (exact) mass is 412 g/mol. The van der Waals surface area contributed by atoms with E-state index in [4.69, 9.17) is 4.42 Å². The lowest BCUT2D eigenvalue weighted by Crippen LogP contribution is -2.50. The highest BCUT2D eigenvalue weighted by Gasteiger charge is 2.31. The van der Waals surface area contributed by atoms with Gasteiger partial charge in [-0.15, -0.1) is 0 Å². The maximum Gasteiger partial charge on any atom is 0.318 e. The van der Waals surface area contributed by atoms with Crippen LogP contribution in [0.25, 0.3) is 11.3 Å². The number of nitrogens with one attached hydrogen (secondary N) is 4. The molecule has 0 unspecified atom stereocenters. The molecular formula is C22H28N4O4. The van der Waals surface area contributed by atoms with Crippen molar-refractivity contribution in [3.63, 3.8) is 0 Å². The minimum absolute atomic E-state index is 0.137. The van der Waals surface area contributed by atoms with Crippen LogP contribution in [-0.2, 0) is 4.79 Å². The summed E-state index contributed by atoms with van der Waals surface area (Å²) in [5.74, 6) is 0.236. The maximum absolute atomic E-state index is 12.7. The largest absolute Gasteiger partial charge is 0.451 e. The van der Waals surface area contributed by atoms with Gasteiger partial charge in [-0.25, -0.2) is 4.79 Å². The number of carbonyl (C=O) groups is 3. The van der Waals surface area contributed by atoms with E-state index < -0.39 is 11.9 Å². The van der Waals surface area contributed by atoms with Gasteiger partial charge >= 0.3 is 6.03 Å². The van der Waals surface area contributed by atoms with Gasteiger partial charge in [-0.1, -0.05) is 19.3 Å². The van der Waals surface area contributed by atoms with Gasteiger partial charge in [-0.05, 0) is 55.2 Å². The maximum atomic E-state index is 12.7. The Morgan fingerprint density at radius 2 is 1.63 bits per heavy atom. The normalized spacial score (nSPS) is 15.1. The number of furan rings is 1. The predicted molar refractivity (Wildman–Crippen MR) is 114 cm³/mol. The Hall–Kier alpha value is -3.29. The van der Waals surface area contributed by atoms with Crippen molar-refractivity contribution in [2.45, 2.75) is 38.1 Å². The van der Waals surface area contributed by atoms with Crippen LogP contribution < -0.4 is 21.3 Å². The molecule has 8 heteroatoms. The van der Waals surface area contributed by atoms with Crippen molar-refractivity contribution in [1.82, 2.24) is 16.0 Å². The number of urea groups is 1. The van der Waals surface area contributed by atoms with Crippen molar-refractivity contribution in [3.05, 3.63) is 42.2 Å². The Kier molecular flexibility index (Phi) is 7.11. The van der Waals surface area contributed by atoms with Crippen molar-refractivity contribution >= 4 is 23.5 Å². The highest BCUT2D eigenvalue weighted by atomic mass is 16.4. The topological polar surface area (TPSA) is 112 Å². The second-order valence-corrected chi connectivity index (χ2v) is 7.41. The summed E-state index contributed by atoms with van der Waals surface area (Å²) in [6.07, 6.45) is 5.17. The third kappa shape index (κ3) is 5.20. The smallest absolute Gasteiger partial charge is 0.318 e. The quantitative estimate of drug-likeness (QED) is 0.584. The minimum atomic E-state index is -0.564. The molecule has 2 aromatic rings. The molecule has 1 fully saturated rings. The fourth-order valence-electron chi connectivity index (χ4n) is 3.76. The zero-order valence-electron chi connectivity index (χ0n) is 17.3. The van der Waals surface area contributed by atoms with E-state index in [0.29, 0.717) is 11.4 Å². The minimum Gasteiger partial charge on any atom is -0.451 e. The summed E-state index contributed by atoms with van der Waals surface area (Å²) in [5.41, 5.74) is 1.41. The van der Waals surface area contributed by atoms with Crippen LogP contribution >= 0.6 is 0 Å². The lowest BCUT2D eigenvalue weighted by atomic mass is 9.83. The van der Waals surface area contributed by atoms with Gasteiger partial charge in [0.25, 0.3) is 5.91 Å². The molecule has 0 saturated heterocycles. The first-order chi connectivity index (χ1) is 14.5. The molecular weight excluding hydrogens is 384 g/mol. The first kappa shape index (κ1) is 21.4. The van der Waals surface area contributed by atoms with Crippen LogP contribution in [0.2, 0.25) is 0 Å². The molecule has 1 atom stereocenters. The van der Waals surface area contributed by atoms with Crippen molar-refractivity contribution in [1.29, 1.82) is 0 Å². The van der Waals surface area contributed by atoms with Crippen molar-refractivity contribution < 1.29 is 18.8 Å². The van der Waals surface area contributed by atoms with Gasteiger partial charge in [0.2, 0.25) is 5.91 Å². The molecule has 1 aliphatic carbocycles. The number of carbonyl (C=O) groups excluding carboxylic acids is 3. The Balaban J connectivity index is 1.69. The van der Waals surface area contributed by atoms with E-state index in [2.05, 4.69) is 21.3 Å². The summed E-state index contributed by atoms with van der Waals surface area (Å²) >= 11 is 0. The molecule has 1 aromatic carbocycles. The second kappa shape index (κ2) is 9.96. The SMILES string of the molecule is CNC(=O)Nc1ccc(-c2ccc(C(=O)N[C@H](C(=O)NC)C3CCCCC3)o2)cc1. The van der Waals surface area contributed by atoms with Gasteiger partial charge in [0.15, 0.2) is 5.76 Å². The number of hydrogen-bond acceptors (Lipinski definition) is 4. The lowest BCUT2D eigenvalue weighted by Gasteiger charge is -2.29. The first-order valence-corrected chi connectivity index (χ1v) is 10.2. The van der Waals surface area contributed by atoms with Gasteiger partial charge in [0.05, 0.1) is 0 Å². The summed E-state index contributed by atoms with van der Waals surface area (Å²) < 4.78 is 5.73. The summed E-state index contributed by atoms with van der Waals surface area (Å²) in [4.78, 5) is 36.4. The molecule has 1 saturated carbocycles. The molecule has 1 aliphatic rings. The van der Waals surface area contributed by atoms with E-state index in [1.165, 1.54) is 6.42 Å². The number of benzene rings is 1. The van der Waals surface area contributed by atoms with Crippen LogP contribution in [0.4, 0.5) is 10.5 Å². The predicted octanol–water partition coefficient (Wildman–Crippen LogP) is 3.12. The van der Waals surface area contributed by atoms with Crippen LogP contribution in [0.1, 0.15) is 42.7 Å². The van der Waals surface area contributed by atoms with Crippen LogP contribution in [-0.4, -0.2) is 38.0 Å². The molecule has 4 amide bonds. The standard InChI is InChI=1S/C22H28N4O4/c1-23-21(28)19(15-6-4-3-5-7-15)26-20(27)18-13-12-17(30-18)14-8-10-16(11-9-14)25-22(29)24-2/h8-13,15,19H,3-7H2,1-2H3,(H,23,28)(H,26,27)(H2,24,25,29)/t19-/m0/s1. The molecule has 160 valence electrons. The molecule has 0 radical (unpaired) electrons. The summed E-state index contributed by atoms with van der Waals surface area (Å²) in [6, 6.07) is 9.53. The fraction of sp³-hybridized carbons (Fsp3) is 0.409. The van der Waals surface area contributed by atoms with E-state index in [1.54, 1.807) is 50.5 Å². The fourth-order valence-corrected chi connectivity index (χ4v) is 3.76. The van der Waals surface area contributed by atoms with Crippen LogP contribution in [0, 0.1) is 5.92 Å². The van der Waals surface area contributed by atoms with E-state index >= 15 is 0 Å². The number of likely N-dealkylation sites (N-methyl/N-ethyl adjacent to an activating group) is 1. The summed E-state index contributed by atoms with van der Waals surface area (Å²) in [6.45, 7) is 0. The zero-order chi connectivity index (χ0) is 21.5. The summed E-state index contributed by atoms with van der Waals surface area (Å²) in [7, 11) is 3.13. The molecule has 1 heterocycles. The zero-order valence-corrected chi connectivity index (χ0v) is 17.3. The highest BCUT2D eigenvalue weighted by Crippen LogP contribution is 2.28. The van der Waals surface area contributed by atoms with Crippen LogP contribution in [0.3, 0.4) is 0 Å². The molecule has 3 rings (SSSR count). The molecule has 0 bridgehead atoms. The number of hydrogen-bond donors (Lipinski definition) is 4. The third-order valence-electron chi connectivity index (χ3n) is 5.42. The molecule has 30 heavy (non-hydrogen) atoms. The molecule has 8 nitrogen and oxygen atoms in total. The molecule has 0 aliphatic heterocycles. The van der Waals surface area contributed by atoms with Gasteiger partial charge in [0.1, 0.15) is 11.8 Å². The first-order valence-electron chi connectivity index (χ1n) is 10.2. The lowest BCUT2D eigenvalue weighted by molar-refractivity contribution is -0.124. The summed E-state index contributed by atoms with van der Waals surface area (Å²) in [5, 5.41) is 10.7. The molecule has 0 spiro atoms. The number of anilines is 1. The Morgan fingerprint density at radius 1 is 0.933 bits per heavy atom. The van der Waals surface area contributed by atoms with Crippen LogP contribution in [0.5, 0.6) is 0 Å². The Bertz CT molecular complexity index is 885. The average Bonchev–Trinajstić information content (AvgIpc) is 3.28. The van der Waals surface area contributed by atoms with Gasteiger partial charge in [0, 0.05) is 25.3 Å². The van der Waals surface area contributed by atoms with Crippen LogP contribution in [0.15, 0.2) is 40.8 Å². The highest BCUT2D eigenvalue weighted by molar-refractivity contribution is 5.96.